The second-order valence-corrected chi connectivity index (χ2v) is 8.46. The Hall–Kier alpha value is -3.15. The van der Waals surface area contributed by atoms with Crippen LogP contribution < -0.4 is 10.2 Å². The van der Waals surface area contributed by atoms with Gasteiger partial charge >= 0.3 is 0 Å². The number of nitrogens with zero attached hydrogens (tertiary/aromatic N) is 2. The van der Waals surface area contributed by atoms with Crippen LogP contribution in [-0.4, -0.2) is 11.2 Å². The minimum absolute atomic E-state index is 0.475. The Labute approximate surface area is 191 Å². The predicted molar refractivity (Wildman–Crippen MR) is 130 cm³/mol. The third-order valence-electron chi connectivity index (χ3n) is 4.73. The Bertz CT molecular complexity index is 1200. The lowest BCUT2D eigenvalue weighted by molar-refractivity contribution is 0.306. The highest BCUT2D eigenvalue weighted by atomic mass is 35.5. The highest BCUT2D eigenvalue weighted by molar-refractivity contribution is 7.14. The van der Waals surface area contributed by atoms with E-state index in [1.165, 1.54) is 22.5 Å². The predicted octanol–water partition coefficient (Wildman–Crippen LogP) is 7.11. The number of benzene rings is 3. The van der Waals surface area contributed by atoms with E-state index in [1.54, 1.807) is 6.21 Å². The molecule has 0 aliphatic heterocycles. The van der Waals surface area contributed by atoms with Gasteiger partial charge < -0.3 is 4.74 Å². The fourth-order valence-electron chi connectivity index (χ4n) is 3.16. The van der Waals surface area contributed by atoms with Crippen molar-refractivity contribution in [3.05, 3.63) is 99.4 Å². The van der Waals surface area contributed by atoms with Crippen LogP contribution in [0.2, 0.25) is 5.02 Å². The number of aryl methyl sites for hydroxylation is 2. The first kappa shape index (κ1) is 21.1. The monoisotopic (exact) mass is 447 g/mol. The molecule has 6 heteroatoms. The van der Waals surface area contributed by atoms with Crippen LogP contribution in [-0.2, 0) is 6.61 Å². The quantitative estimate of drug-likeness (QED) is 0.242. The van der Waals surface area contributed by atoms with E-state index >= 15 is 0 Å². The van der Waals surface area contributed by atoms with Crippen LogP contribution in [0.3, 0.4) is 0 Å². The maximum Gasteiger partial charge on any atom is 0.203 e. The van der Waals surface area contributed by atoms with Crippen molar-refractivity contribution in [2.24, 2.45) is 5.10 Å². The van der Waals surface area contributed by atoms with E-state index in [2.05, 4.69) is 47.6 Å². The van der Waals surface area contributed by atoms with Gasteiger partial charge in [-0.15, -0.1) is 11.3 Å². The van der Waals surface area contributed by atoms with Crippen molar-refractivity contribution in [2.45, 2.75) is 20.5 Å². The van der Waals surface area contributed by atoms with Gasteiger partial charge in [0.25, 0.3) is 0 Å². The Balaban J connectivity index is 1.37. The molecule has 0 saturated carbocycles. The number of nitrogens with one attached hydrogen (secondary N) is 1. The molecule has 3 aromatic carbocycles. The zero-order valence-corrected chi connectivity index (χ0v) is 18.9. The van der Waals surface area contributed by atoms with Crippen molar-refractivity contribution in [3.63, 3.8) is 0 Å². The first-order valence-electron chi connectivity index (χ1n) is 9.87. The molecular weight excluding hydrogens is 426 g/mol. The molecule has 4 aromatic rings. The number of hydrogen-bond donors (Lipinski definition) is 1. The van der Waals surface area contributed by atoms with Crippen LogP contribution in [0.4, 0.5) is 5.13 Å². The molecule has 4 rings (SSSR count). The number of ether oxygens (including phenoxy) is 1. The molecule has 0 aliphatic rings. The van der Waals surface area contributed by atoms with Gasteiger partial charge in [0.1, 0.15) is 12.4 Å². The largest absolute Gasteiger partial charge is 0.487 e. The average molecular weight is 448 g/mol. The van der Waals surface area contributed by atoms with Gasteiger partial charge in [0, 0.05) is 10.9 Å². The van der Waals surface area contributed by atoms with Gasteiger partial charge in [-0.05, 0) is 48.7 Å². The Morgan fingerprint density at radius 2 is 1.90 bits per heavy atom. The van der Waals surface area contributed by atoms with Crippen LogP contribution in [0.25, 0.3) is 11.3 Å². The van der Waals surface area contributed by atoms with Gasteiger partial charge in [0.15, 0.2) is 0 Å². The minimum atomic E-state index is 0.475. The Morgan fingerprint density at radius 3 is 2.68 bits per heavy atom. The normalized spacial score (nSPS) is 11.1. The van der Waals surface area contributed by atoms with E-state index in [9.17, 15) is 0 Å². The summed E-state index contributed by atoms with van der Waals surface area (Å²) in [5.74, 6) is 0.647. The average Bonchev–Trinajstić information content (AvgIpc) is 3.22. The number of aromatic nitrogens is 1. The molecule has 0 aliphatic carbocycles. The molecule has 0 radical (unpaired) electrons. The van der Waals surface area contributed by atoms with Gasteiger partial charge in [-0.25, -0.2) is 4.98 Å². The van der Waals surface area contributed by atoms with Crippen LogP contribution in [0.1, 0.15) is 22.3 Å². The second-order valence-electron chi connectivity index (χ2n) is 7.19. The standard InChI is InChI=1S/C25H22ClN3OS/c1-17-8-10-21(18(2)12-17)23-16-31-25(28-23)29-27-14-20-9-11-24(22(26)13-20)30-15-19-6-4-3-5-7-19/h3-14,16H,15H2,1-2H3,(H,28,29)/b27-14-. The number of rotatable bonds is 7. The fraction of sp³-hybridized carbons (Fsp3) is 0.120. The summed E-state index contributed by atoms with van der Waals surface area (Å²) in [6, 6.07) is 22.0. The molecule has 0 amide bonds. The van der Waals surface area contributed by atoms with Crippen LogP contribution in [0, 0.1) is 13.8 Å². The van der Waals surface area contributed by atoms with E-state index in [-0.39, 0.29) is 0 Å². The highest BCUT2D eigenvalue weighted by Gasteiger charge is 2.07. The van der Waals surface area contributed by atoms with Crippen molar-refractivity contribution < 1.29 is 4.74 Å². The van der Waals surface area contributed by atoms with Gasteiger partial charge in [0.2, 0.25) is 5.13 Å². The summed E-state index contributed by atoms with van der Waals surface area (Å²) in [6.07, 6.45) is 1.71. The Kier molecular flexibility index (Phi) is 6.65. The van der Waals surface area contributed by atoms with Crippen LogP contribution >= 0.6 is 22.9 Å². The van der Waals surface area contributed by atoms with E-state index in [1.807, 2.05) is 53.9 Å². The molecule has 1 N–H and O–H groups in total. The van der Waals surface area contributed by atoms with Crippen molar-refractivity contribution in [1.82, 2.24) is 4.98 Å². The lowest BCUT2D eigenvalue weighted by atomic mass is 10.0. The summed E-state index contributed by atoms with van der Waals surface area (Å²) >= 11 is 7.89. The molecule has 1 aromatic heterocycles. The first-order valence-corrected chi connectivity index (χ1v) is 11.1. The van der Waals surface area contributed by atoms with E-state index in [0.29, 0.717) is 17.4 Å². The summed E-state index contributed by atoms with van der Waals surface area (Å²) in [6.45, 7) is 4.67. The highest BCUT2D eigenvalue weighted by Crippen LogP contribution is 2.28. The van der Waals surface area contributed by atoms with Gasteiger partial charge in [0.05, 0.1) is 16.9 Å². The number of halogens is 1. The lowest BCUT2D eigenvalue weighted by Gasteiger charge is -2.08. The zero-order chi connectivity index (χ0) is 21.6. The molecule has 0 bridgehead atoms. The molecule has 0 atom stereocenters. The van der Waals surface area contributed by atoms with Crippen molar-refractivity contribution in [2.75, 3.05) is 5.43 Å². The van der Waals surface area contributed by atoms with Crippen molar-refractivity contribution in [3.8, 4) is 17.0 Å². The van der Waals surface area contributed by atoms with E-state index in [0.717, 1.165) is 27.5 Å². The molecule has 0 fully saturated rings. The number of hydrogen-bond acceptors (Lipinski definition) is 5. The van der Waals surface area contributed by atoms with Crippen molar-refractivity contribution in [1.29, 1.82) is 0 Å². The SMILES string of the molecule is Cc1ccc(-c2csc(N/N=C\c3ccc(OCc4ccccc4)c(Cl)c3)n2)c(C)c1. The van der Waals surface area contributed by atoms with Crippen LogP contribution in [0.5, 0.6) is 5.75 Å². The molecular formula is C25H22ClN3OS. The number of hydrazone groups is 1. The number of thiazole rings is 1. The summed E-state index contributed by atoms with van der Waals surface area (Å²) in [7, 11) is 0. The fourth-order valence-corrected chi connectivity index (χ4v) is 4.06. The summed E-state index contributed by atoms with van der Waals surface area (Å²) in [4.78, 5) is 4.63. The zero-order valence-electron chi connectivity index (χ0n) is 17.3. The first-order chi connectivity index (χ1) is 15.1. The molecule has 156 valence electrons. The molecule has 0 unspecified atom stereocenters. The molecule has 4 nitrogen and oxygen atoms in total. The number of anilines is 1. The van der Waals surface area contributed by atoms with E-state index < -0.39 is 0 Å². The second kappa shape index (κ2) is 9.77. The maximum absolute atomic E-state index is 6.37. The van der Waals surface area contributed by atoms with E-state index in [4.69, 9.17) is 16.3 Å². The van der Waals surface area contributed by atoms with Gasteiger partial charge in [-0.3, -0.25) is 5.43 Å². The summed E-state index contributed by atoms with van der Waals surface area (Å²) in [5, 5.41) is 7.61. The van der Waals surface area contributed by atoms with Gasteiger partial charge in [-0.1, -0.05) is 65.7 Å². The molecule has 0 spiro atoms. The van der Waals surface area contributed by atoms with Crippen molar-refractivity contribution >= 4 is 34.3 Å². The maximum atomic E-state index is 6.37. The topological polar surface area (TPSA) is 46.5 Å². The summed E-state index contributed by atoms with van der Waals surface area (Å²) in [5.41, 5.74) is 9.50. The molecule has 0 saturated heterocycles. The minimum Gasteiger partial charge on any atom is -0.487 e. The van der Waals surface area contributed by atoms with Crippen LogP contribution in [0.15, 0.2) is 77.2 Å². The molecule has 31 heavy (non-hydrogen) atoms. The van der Waals surface area contributed by atoms with Gasteiger partial charge in [-0.2, -0.15) is 5.10 Å². The molecule has 1 heterocycles. The third kappa shape index (κ3) is 5.51. The lowest BCUT2D eigenvalue weighted by Crippen LogP contribution is -1.96. The third-order valence-corrected chi connectivity index (χ3v) is 5.77. The Morgan fingerprint density at radius 1 is 1.06 bits per heavy atom. The smallest absolute Gasteiger partial charge is 0.203 e. The summed E-state index contributed by atoms with van der Waals surface area (Å²) < 4.78 is 5.81.